The average molecular weight is 302 g/mol. The number of nitrogens with one attached hydrogen (secondary N) is 2. The lowest BCUT2D eigenvalue weighted by Gasteiger charge is -2.23. The molecule has 0 aromatic carbocycles. The van der Waals surface area contributed by atoms with Crippen LogP contribution in [0.1, 0.15) is 19.8 Å². The Morgan fingerprint density at radius 1 is 1.41 bits per heavy atom. The van der Waals surface area contributed by atoms with E-state index in [1.165, 1.54) is 0 Å². The van der Waals surface area contributed by atoms with E-state index in [1.807, 2.05) is 23.0 Å². The highest BCUT2D eigenvalue weighted by molar-refractivity contribution is 5.47. The molecule has 0 saturated carbocycles. The molecular formula is C15H22N6O. The van der Waals surface area contributed by atoms with E-state index in [2.05, 4.69) is 32.6 Å². The van der Waals surface area contributed by atoms with Crippen LogP contribution in [0.2, 0.25) is 0 Å². The molecule has 2 aromatic rings. The Labute approximate surface area is 130 Å². The summed E-state index contributed by atoms with van der Waals surface area (Å²) in [6, 6.07) is 4.42. The predicted molar refractivity (Wildman–Crippen MR) is 84.8 cm³/mol. The van der Waals surface area contributed by atoms with Crippen LogP contribution >= 0.6 is 0 Å². The largest absolute Gasteiger partial charge is 0.379 e. The zero-order valence-electron chi connectivity index (χ0n) is 12.8. The Kier molecular flexibility index (Phi) is 4.85. The average Bonchev–Trinajstić information content (AvgIpc) is 3.01. The Morgan fingerprint density at radius 3 is 3.09 bits per heavy atom. The number of hydrogen-bond acceptors (Lipinski definition) is 6. The first kappa shape index (κ1) is 14.8. The topological polar surface area (TPSA) is 76.9 Å². The molecule has 0 amide bonds. The lowest BCUT2D eigenvalue weighted by Crippen LogP contribution is -2.30. The van der Waals surface area contributed by atoms with Gasteiger partial charge in [0.25, 0.3) is 0 Å². The van der Waals surface area contributed by atoms with Gasteiger partial charge in [-0.05, 0) is 25.8 Å². The fourth-order valence-electron chi connectivity index (χ4n) is 2.57. The van der Waals surface area contributed by atoms with E-state index in [9.17, 15) is 0 Å². The highest BCUT2D eigenvalue weighted by Gasteiger charge is 2.14. The summed E-state index contributed by atoms with van der Waals surface area (Å²) in [4.78, 5) is 8.56. The van der Waals surface area contributed by atoms with Gasteiger partial charge in [0, 0.05) is 31.1 Å². The molecule has 0 radical (unpaired) electrons. The third-order valence-corrected chi connectivity index (χ3v) is 3.59. The third kappa shape index (κ3) is 4.17. The fraction of sp³-hybridized carbons (Fsp3) is 0.533. The first-order valence-electron chi connectivity index (χ1n) is 7.70. The van der Waals surface area contributed by atoms with Gasteiger partial charge in [-0.3, -0.25) is 4.68 Å². The zero-order valence-corrected chi connectivity index (χ0v) is 12.8. The van der Waals surface area contributed by atoms with Crippen LogP contribution < -0.4 is 10.6 Å². The third-order valence-electron chi connectivity index (χ3n) is 3.59. The van der Waals surface area contributed by atoms with Crippen LogP contribution in [0.3, 0.4) is 0 Å². The minimum Gasteiger partial charge on any atom is -0.379 e. The molecule has 0 spiro atoms. The normalized spacial score (nSPS) is 19.6. The molecule has 1 fully saturated rings. The lowest BCUT2D eigenvalue weighted by atomic mass is 10.1. The second-order valence-electron chi connectivity index (χ2n) is 5.62. The maximum atomic E-state index is 5.48. The number of hydrogen-bond donors (Lipinski definition) is 2. The van der Waals surface area contributed by atoms with Crippen LogP contribution in [0.15, 0.2) is 30.9 Å². The van der Waals surface area contributed by atoms with Gasteiger partial charge in [-0.15, -0.1) is 0 Å². The van der Waals surface area contributed by atoms with Crippen molar-refractivity contribution >= 4 is 11.6 Å². The van der Waals surface area contributed by atoms with Gasteiger partial charge in [0.1, 0.15) is 18.0 Å². The fourth-order valence-corrected chi connectivity index (χ4v) is 2.57. The maximum absolute atomic E-state index is 5.48. The molecule has 0 aliphatic carbocycles. The molecule has 0 bridgehead atoms. The van der Waals surface area contributed by atoms with Crippen LogP contribution in [-0.4, -0.2) is 45.0 Å². The van der Waals surface area contributed by atoms with Gasteiger partial charge in [-0.2, -0.15) is 5.10 Å². The lowest BCUT2D eigenvalue weighted by molar-refractivity contribution is 0.0875. The van der Waals surface area contributed by atoms with Gasteiger partial charge >= 0.3 is 0 Å². The van der Waals surface area contributed by atoms with E-state index in [-0.39, 0.29) is 6.04 Å². The van der Waals surface area contributed by atoms with Gasteiger partial charge < -0.3 is 15.4 Å². The summed E-state index contributed by atoms with van der Waals surface area (Å²) in [5.41, 5.74) is 0. The first-order chi connectivity index (χ1) is 10.8. The molecule has 3 heterocycles. The quantitative estimate of drug-likeness (QED) is 0.847. The van der Waals surface area contributed by atoms with E-state index in [4.69, 9.17) is 4.74 Å². The molecule has 1 aliphatic heterocycles. The Morgan fingerprint density at radius 2 is 2.32 bits per heavy atom. The number of nitrogens with zero attached hydrogens (tertiary/aromatic N) is 4. The molecule has 3 rings (SSSR count). The van der Waals surface area contributed by atoms with Gasteiger partial charge in [0.05, 0.1) is 19.2 Å². The first-order valence-corrected chi connectivity index (χ1v) is 7.70. The molecule has 7 heteroatoms. The molecule has 2 unspecified atom stereocenters. The minimum atomic E-state index is 0.223. The van der Waals surface area contributed by atoms with E-state index in [1.54, 1.807) is 12.5 Å². The molecule has 1 saturated heterocycles. The monoisotopic (exact) mass is 302 g/mol. The number of anilines is 2. The molecule has 118 valence electrons. The van der Waals surface area contributed by atoms with Gasteiger partial charge in [-0.25, -0.2) is 9.97 Å². The summed E-state index contributed by atoms with van der Waals surface area (Å²) in [6.45, 7) is 4.49. The zero-order chi connectivity index (χ0) is 15.2. The van der Waals surface area contributed by atoms with Crippen LogP contribution in [0.4, 0.5) is 11.6 Å². The van der Waals surface area contributed by atoms with Crippen LogP contribution in [0.25, 0.3) is 0 Å². The standard InChI is InChI=1S/C15H22N6O/c1-12(9-21-6-3-5-18-21)19-14-8-15(17-11-16-14)20-13-4-2-7-22-10-13/h3,5-6,8,11-13H,2,4,7,9-10H2,1H3,(H2,16,17,19,20). The van der Waals surface area contributed by atoms with Gasteiger partial charge in [-0.1, -0.05) is 0 Å². The van der Waals surface area contributed by atoms with Crippen molar-refractivity contribution in [3.63, 3.8) is 0 Å². The number of rotatable bonds is 6. The molecule has 22 heavy (non-hydrogen) atoms. The second-order valence-corrected chi connectivity index (χ2v) is 5.62. The SMILES string of the molecule is CC(Cn1cccn1)Nc1cc(NC2CCCOC2)ncn1. The molecule has 2 N–H and O–H groups in total. The van der Waals surface area contributed by atoms with Crippen molar-refractivity contribution in [2.45, 2.75) is 38.4 Å². The molecule has 2 aromatic heterocycles. The van der Waals surface area contributed by atoms with Crippen molar-refractivity contribution in [2.75, 3.05) is 23.8 Å². The summed E-state index contributed by atoms with van der Waals surface area (Å²) >= 11 is 0. The minimum absolute atomic E-state index is 0.223. The van der Waals surface area contributed by atoms with Crippen molar-refractivity contribution in [3.8, 4) is 0 Å². The van der Waals surface area contributed by atoms with Crippen molar-refractivity contribution < 1.29 is 4.74 Å². The summed E-state index contributed by atoms with van der Waals surface area (Å²) < 4.78 is 7.38. The van der Waals surface area contributed by atoms with Crippen molar-refractivity contribution in [3.05, 3.63) is 30.9 Å². The van der Waals surface area contributed by atoms with E-state index in [0.29, 0.717) is 6.04 Å². The molecule has 2 atom stereocenters. The molecule has 1 aliphatic rings. The molecule has 7 nitrogen and oxygen atoms in total. The maximum Gasteiger partial charge on any atom is 0.131 e. The van der Waals surface area contributed by atoms with Crippen molar-refractivity contribution in [1.82, 2.24) is 19.7 Å². The van der Waals surface area contributed by atoms with Crippen LogP contribution in [0.5, 0.6) is 0 Å². The summed E-state index contributed by atoms with van der Waals surface area (Å²) in [5.74, 6) is 1.65. The van der Waals surface area contributed by atoms with E-state index >= 15 is 0 Å². The van der Waals surface area contributed by atoms with Gasteiger partial charge in [0.2, 0.25) is 0 Å². The predicted octanol–water partition coefficient (Wildman–Crippen LogP) is 1.76. The van der Waals surface area contributed by atoms with Crippen molar-refractivity contribution in [2.24, 2.45) is 0 Å². The number of aromatic nitrogens is 4. The summed E-state index contributed by atoms with van der Waals surface area (Å²) in [7, 11) is 0. The number of ether oxygens (including phenoxy) is 1. The van der Waals surface area contributed by atoms with Gasteiger partial charge in [0.15, 0.2) is 0 Å². The Hall–Kier alpha value is -2.15. The summed E-state index contributed by atoms with van der Waals surface area (Å²) in [5, 5.41) is 11.0. The van der Waals surface area contributed by atoms with Crippen molar-refractivity contribution in [1.29, 1.82) is 0 Å². The Balaban J connectivity index is 1.56. The van der Waals surface area contributed by atoms with E-state index in [0.717, 1.165) is 44.2 Å². The van der Waals surface area contributed by atoms with Crippen LogP contribution in [-0.2, 0) is 11.3 Å². The highest BCUT2D eigenvalue weighted by Crippen LogP contribution is 2.15. The smallest absolute Gasteiger partial charge is 0.131 e. The Bertz CT molecular complexity index is 567. The van der Waals surface area contributed by atoms with E-state index < -0.39 is 0 Å². The highest BCUT2D eigenvalue weighted by atomic mass is 16.5. The van der Waals surface area contributed by atoms with Crippen LogP contribution in [0, 0.1) is 0 Å². The molecular weight excluding hydrogens is 280 g/mol. The summed E-state index contributed by atoms with van der Waals surface area (Å²) in [6.07, 6.45) is 7.52. The second kappa shape index (κ2) is 7.22.